The van der Waals surface area contributed by atoms with Gasteiger partial charge in [-0.2, -0.15) is 0 Å². The van der Waals surface area contributed by atoms with Crippen LogP contribution in [0.1, 0.15) is 29.4 Å². The Kier molecular flexibility index (Phi) is 6.53. The minimum Gasteiger partial charge on any atom is -0.489 e. The van der Waals surface area contributed by atoms with Gasteiger partial charge in [-0.1, -0.05) is 23.6 Å². The molecule has 36 heavy (non-hydrogen) atoms. The van der Waals surface area contributed by atoms with Crippen molar-refractivity contribution in [3.8, 4) is 28.8 Å². The Balaban J connectivity index is 1.50. The summed E-state index contributed by atoms with van der Waals surface area (Å²) in [5, 5.41) is 5.94. The van der Waals surface area contributed by atoms with E-state index in [1.807, 2.05) is 0 Å². The van der Waals surface area contributed by atoms with E-state index in [9.17, 15) is 14.0 Å². The molecule has 1 atom stereocenters. The molecule has 0 bridgehead atoms. The van der Waals surface area contributed by atoms with Crippen molar-refractivity contribution in [2.75, 3.05) is 25.0 Å². The fourth-order valence-electron chi connectivity index (χ4n) is 4.39. The number of fused-ring (bicyclic) bond motifs is 1. The van der Waals surface area contributed by atoms with Crippen LogP contribution in [-0.2, 0) is 11.2 Å². The van der Waals surface area contributed by atoms with Crippen LogP contribution in [0, 0.1) is 17.7 Å². The highest BCUT2D eigenvalue weighted by Gasteiger charge is 2.33. The minimum absolute atomic E-state index is 0.0780. The molecule has 10 heteroatoms. The Bertz CT molecular complexity index is 1410. The highest BCUT2D eigenvalue weighted by molar-refractivity contribution is 6.33. The third kappa shape index (κ3) is 4.36. The molecule has 5 rings (SSSR count). The average molecular weight is 508 g/mol. The van der Waals surface area contributed by atoms with Crippen molar-refractivity contribution >= 4 is 34.8 Å². The van der Waals surface area contributed by atoms with Gasteiger partial charge in [-0.05, 0) is 37.5 Å². The highest BCUT2D eigenvalue weighted by atomic mass is 35.5. The zero-order valence-electron chi connectivity index (χ0n) is 19.5. The summed E-state index contributed by atoms with van der Waals surface area (Å²) in [6.07, 6.45) is 4.63. The van der Waals surface area contributed by atoms with Gasteiger partial charge in [-0.3, -0.25) is 14.6 Å². The quantitative estimate of drug-likeness (QED) is 0.439. The number of ether oxygens (including phenoxy) is 1. The maximum atomic E-state index is 14.1. The van der Waals surface area contributed by atoms with Crippen molar-refractivity contribution in [3.63, 3.8) is 0 Å². The standard InChI is InChI=1S/C26H23ClFN5O3/c1-2-4-21(34)33-12-9-15(33)14-36-20-13-29-10-7-16(20)24-25(22-18(31-24)8-11-30-26(22)35)32-19-6-3-5-17(28)23(19)27/h3,5-7,10,13,15,31-32H,8-9,11-12,14H2,1H3,(H,30,35)/t15-/m1/s1. The Hall–Kier alpha value is -4.03. The van der Waals surface area contributed by atoms with E-state index in [4.69, 9.17) is 16.3 Å². The van der Waals surface area contributed by atoms with Crippen molar-refractivity contribution in [2.24, 2.45) is 0 Å². The van der Waals surface area contributed by atoms with Gasteiger partial charge in [0.1, 0.15) is 18.2 Å². The first-order valence-electron chi connectivity index (χ1n) is 11.5. The van der Waals surface area contributed by atoms with Gasteiger partial charge in [-0.25, -0.2) is 4.39 Å². The van der Waals surface area contributed by atoms with Gasteiger partial charge in [-0.15, -0.1) is 0 Å². The number of anilines is 2. The molecule has 184 valence electrons. The van der Waals surface area contributed by atoms with Gasteiger partial charge < -0.3 is 25.3 Å². The molecule has 3 aromatic rings. The van der Waals surface area contributed by atoms with Crippen LogP contribution in [0.15, 0.2) is 36.7 Å². The molecule has 0 saturated carbocycles. The van der Waals surface area contributed by atoms with Crippen LogP contribution in [0.2, 0.25) is 5.02 Å². The van der Waals surface area contributed by atoms with Gasteiger partial charge in [0.05, 0.1) is 39.9 Å². The molecule has 0 unspecified atom stereocenters. The Morgan fingerprint density at radius 2 is 2.25 bits per heavy atom. The zero-order chi connectivity index (χ0) is 25.2. The summed E-state index contributed by atoms with van der Waals surface area (Å²) in [6.45, 7) is 3.04. The number of halogens is 2. The van der Waals surface area contributed by atoms with Crippen LogP contribution >= 0.6 is 11.6 Å². The first-order chi connectivity index (χ1) is 17.5. The van der Waals surface area contributed by atoms with E-state index in [1.165, 1.54) is 12.1 Å². The Labute approximate surface area is 212 Å². The van der Waals surface area contributed by atoms with E-state index in [1.54, 1.807) is 36.4 Å². The monoisotopic (exact) mass is 507 g/mol. The molecule has 8 nitrogen and oxygen atoms in total. The van der Waals surface area contributed by atoms with Crippen molar-refractivity contribution in [1.82, 2.24) is 20.2 Å². The molecule has 2 aromatic heterocycles. The lowest BCUT2D eigenvalue weighted by Crippen LogP contribution is -2.53. The SMILES string of the molecule is CC#CC(=O)N1CC[C@@H]1COc1cnccc1-c1[nH]c2c(c1Nc1cccc(F)c1Cl)C(=O)NCC2. The molecule has 0 spiro atoms. The van der Waals surface area contributed by atoms with E-state index in [0.717, 1.165) is 12.1 Å². The fourth-order valence-corrected chi connectivity index (χ4v) is 4.56. The maximum Gasteiger partial charge on any atom is 0.298 e. The summed E-state index contributed by atoms with van der Waals surface area (Å²) in [5.41, 5.74) is 3.23. The van der Waals surface area contributed by atoms with E-state index in [-0.39, 0.29) is 29.5 Å². The van der Waals surface area contributed by atoms with Gasteiger partial charge in [0.2, 0.25) is 0 Å². The topological polar surface area (TPSA) is 99.3 Å². The highest BCUT2D eigenvalue weighted by Crippen LogP contribution is 2.41. The molecule has 1 aromatic carbocycles. The summed E-state index contributed by atoms with van der Waals surface area (Å²) < 4.78 is 20.3. The molecule has 0 radical (unpaired) electrons. The van der Waals surface area contributed by atoms with E-state index in [2.05, 4.69) is 32.4 Å². The van der Waals surface area contributed by atoms with Crippen molar-refractivity contribution in [2.45, 2.75) is 25.8 Å². The minimum atomic E-state index is -0.572. The van der Waals surface area contributed by atoms with Crippen LogP contribution in [0.5, 0.6) is 5.75 Å². The predicted molar refractivity (Wildman–Crippen MR) is 134 cm³/mol. The first kappa shape index (κ1) is 23.7. The number of likely N-dealkylation sites (tertiary alicyclic amines) is 1. The molecule has 1 saturated heterocycles. The lowest BCUT2D eigenvalue weighted by molar-refractivity contribution is -0.133. The molecule has 1 fully saturated rings. The van der Waals surface area contributed by atoms with Gasteiger partial charge >= 0.3 is 0 Å². The number of amides is 2. The van der Waals surface area contributed by atoms with Crippen LogP contribution < -0.4 is 15.4 Å². The zero-order valence-corrected chi connectivity index (χ0v) is 20.2. The molecular formula is C26H23ClFN5O3. The normalized spacial score (nSPS) is 16.2. The summed E-state index contributed by atoms with van der Waals surface area (Å²) >= 11 is 6.20. The number of carbonyl (C=O) groups is 2. The van der Waals surface area contributed by atoms with Gasteiger partial charge in [0, 0.05) is 37.0 Å². The largest absolute Gasteiger partial charge is 0.489 e. The second-order valence-corrected chi connectivity index (χ2v) is 8.84. The number of carbonyl (C=O) groups excluding carboxylic acids is 2. The smallest absolute Gasteiger partial charge is 0.298 e. The number of aromatic nitrogens is 2. The molecule has 3 N–H and O–H groups in total. The van der Waals surface area contributed by atoms with E-state index in [0.29, 0.717) is 53.5 Å². The van der Waals surface area contributed by atoms with Crippen molar-refractivity contribution < 1.29 is 18.7 Å². The molecule has 4 heterocycles. The number of nitrogens with one attached hydrogen (secondary N) is 3. The second kappa shape index (κ2) is 9.91. The molecular weight excluding hydrogens is 485 g/mol. The summed E-state index contributed by atoms with van der Waals surface area (Å²) in [7, 11) is 0. The number of aromatic amines is 1. The lowest BCUT2D eigenvalue weighted by Gasteiger charge is -2.39. The number of nitrogens with zero attached hydrogens (tertiary/aromatic N) is 2. The first-order valence-corrected chi connectivity index (χ1v) is 11.9. The molecule has 2 amide bonds. The Morgan fingerprint density at radius 1 is 1.39 bits per heavy atom. The fraction of sp³-hybridized carbons (Fsp3) is 0.269. The number of hydrogen-bond donors (Lipinski definition) is 3. The van der Waals surface area contributed by atoms with Crippen LogP contribution in [0.3, 0.4) is 0 Å². The summed E-state index contributed by atoms with van der Waals surface area (Å²) in [6, 6.07) is 6.13. The van der Waals surface area contributed by atoms with Crippen molar-refractivity contribution in [3.05, 3.63) is 58.8 Å². The number of pyridine rings is 1. The predicted octanol–water partition coefficient (Wildman–Crippen LogP) is 3.90. The Morgan fingerprint density at radius 3 is 3.03 bits per heavy atom. The van der Waals surface area contributed by atoms with Crippen LogP contribution in [0.25, 0.3) is 11.3 Å². The van der Waals surface area contributed by atoms with Gasteiger partial charge in [0.15, 0.2) is 0 Å². The van der Waals surface area contributed by atoms with Gasteiger partial charge in [0.25, 0.3) is 11.8 Å². The molecule has 2 aliphatic heterocycles. The van der Waals surface area contributed by atoms with E-state index < -0.39 is 5.82 Å². The molecule has 2 aliphatic rings. The third-order valence-corrected chi connectivity index (χ3v) is 6.68. The summed E-state index contributed by atoms with van der Waals surface area (Å²) in [5.74, 6) is 4.64. The maximum absolute atomic E-state index is 14.1. The lowest BCUT2D eigenvalue weighted by atomic mass is 10.0. The number of hydrogen-bond acceptors (Lipinski definition) is 5. The number of benzene rings is 1. The van der Waals surface area contributed by atoms with Crippen molar-refractivity contribution in [1.29, 1.82) is 0 Å². The number of H-pyrrole nitrogens is 1. The van der Waals surface area contributed by atoms with Crippen LogP contribution in [0.4, 0.5) is 15.8 Å². The van der Waals surface area contributed by atoms with Crippen LogP contribution in [-0.4, -0.2) is 52.4 Å². The summed E-state index contributed by atoms with van der Waals surface area (Å²) in [4.78, 5) is 34.2. The number of rotatable bonds is 6. The van der Waals surface area contributed by atoms with E-state index >= 15 is 0 Å². The third-order valence-electron chi connectivity index (χ3n) is 6.30. The average Bonchev–Trinajstić information content (AvgIpc) is 3.21. The molecule has 0 aliphatic carbocycles. The second-order valence-electron chi connectivity index (χ2n) is 8.46.